The smallest absolute Gasteiger partial charge is 0.127 e. The molecule has 24 heavy (non-hydrogen) atoms. The number of hydrogen-bond acceptors (Lipinski definition) is 3. The van der Waals surface area contributed by atoms with Gasteiger partial charge in [-0.2, -0.15) is 12.6 Å². The van der Waals surface area contributed by atoms with E-state index in [1.165, 1.54) is 0 Å². The van der Waals surface area contributed by atoms with Gasteiger partial charge < -0.3 is 9.47 Å². The molecule has 0 heterocycles. The summed E-state index contributed by atoms with van der Waals surface area (Å²) in [6.07, 6.45) is 0. The number of hydrogen-bond donors (Lipinski definition) is 1. The summed E-state index contributed by atoms with van der Waals surface area (Å²) in [5, 5.41) is 0. The summed E-state index contributed by atoms with van der Waals surface area (Å²) < 4.78 is 10.4. The Balaban J connectivity index is 2.27. The zero-order valence-corrected chi connectivity index (χ0v) is 14.7. The molecule has 0 N–H and O–H groups in total. The van der Waals surface area contributed by atoms with Crippen molar-refractivity contribution in [3.05, 3.63) is 95.6 Å². The fourth-order valence-electron chi connectivity index (χ4n) is 2.93. The van der Waals surface area contributed by atoms with Crippen LogP contribution in [0.3, 0.4) is 0 Å². The highest BCUT2D eigenvalue weighted by atomic mass is 32.1. The van der Waals surface area contributed by atoms with Gasteiger partial charge in [-0.05, 0) is 23.3 Å². The molecular weight excluding hydrogens is 316 g/mol. The van der Waals surface area contributed by atoms with Gasteiger partial charge in [-0.1, -0.05) is 60.7 Å². The van der Waals surface area contributed by atoms with E-state index < -0.39 is 4.75 Å². The Kier molecular flexibility index (Phi) is 4.81. The maximum atomic E-state index is 5.65. The van der Waals surface area contributed by atoms with Gasteiger partial charge in [-0.25, -0.2) is 0 Å². The van der Waals surface area contributed by atoms with Crippen molar-refractivity contribution in [3.8, 4) is 11.5 Å². The number of rotatable bonds is 5. The minimum absolute atomic E-state index is 0.625. The minimum Gasteiger partial charge on any atom is -0.497 e. The van der Waals surface area contributed by atoms with Crippen LogP contribution in [0, 0.1) is 0 Å². The monoisotopic (exact) mass is 336 g/mol. The summed E-state index contributed by atoms with van der Waals surface area (Å²) in [6, 6.07) is 26.3. The van der Waals surface area contributed by atoms with Crippen molar-refractivity contribution >= 4 is 12.6 Å². The SMILES string of the molecule is COc1ccc(C(S)(c2ccccc2)c2ccccc2)c(OC)c1. The van der Waals surface area contributed by atoms with Gasteiger partial charge in [0.1, 0.15) is 11.5 Å². The van der Waals surface area contributed by atoms with Crippen molar-refractivity contribution in [3.63, 3.8) is 0 Å². The summed E-state index contributed by atoms with van der Waals surface area (Å²) >= 11 is 5.15. The molecule has 0 aliphatic rings. The Morgan fingerprint density at radius 1 is 0.708 bits per heavy atom. The molecular formula is C21H20O2S. The van der Waals surface area contributed by atoms with Crippen LogP contribution < -0.4 is 9.47 Å². The normalized spacial score (nSPS) is 11.1. The second-order valence-electron chi connectivity index (χ2n) is 5.51. The standard InChI is InChI=1S/C21H20O2S/c1-22-18-13-14-19(20(15-18)23-2)21(24,16-9-5-3-6-10-16)17-11-7-4-8-12-17/h3-15,24H,1-2H3. The topological polar surface area (TPSA) is 18.5 Å². The molecule has 0 aliphatic heterocycles. The van der Waals surface area contributed by atoms with Crippen LogP contribution in [-0.2, 0) is 4.75 Å². The van der Waals surface area contributed by atoms with Crippen LogP contribution in [0.1, 0.15) is 16.7 Å². The number of methoxy groups -OCH3 is 2. The van der Waals surface area contributed by atoms with E-state index in [4.69, 9.17) is 22.1 Å². The van der Waals surface area contributed by atoms with Crippen LogP contribution in [0.25, 0.3) is 0 Å². The summed E-state index contributed by atoms with van der Waals surface area (Å²) in [5.74, 6) is 1.50. The molecule has 0 fully saturated rings. The zero-order chi connectivity index (χ0) is 17.0. The van der Waals surface area contributed by atoms with E-state index in [0.29, 0.717) is 0 Å². The molecule has 0 radical (unpaired) electrons. The summed E-state index contributed by atoms with van der Waals surface area (Å²) in [5.41, 5.74) is 3.15. The maximum Gasteiger partial charge on any atom is 0.127 e. The van der Waals surface area contributed by atoms with Gasteiger partial charge in [-0.15, -0.1) is 0 Å². The van der Waals surface area contributed by atoms with Crippen molar-refractivity contribution in [1.82, 2.24) is 0 Å². The van der Waals surface area contributed by atoms with Crippen LogP contribution in [0.4, 0.5) is 0 Å². The first-order valence-corrected chi connectivity index (χ1v) is 8.20. The second kappa shape index (κ2) is 7.02. The average Bonchev–Trinajstić information content (AvgIpc) is 2.68. The molecule has 3 aromatic rings. The molecule has 0 atom stereocenters. The summed E-state index contributed by atoms with van der Waals surface area (Å²) in [6.45, 7) is 0. The van der Waals surface area contributed by atoms with Crippen LogP contribution in [0.15, 0.2) is 78.9 Å². The van der Waals surface area contributed by atoms with Gasteiger partial charge in [0.2, 0.25) is 0 Å². The van der Waals surface area contributed by atoms with Gasteiger partial charge in [0, 0.05) is 11.6 Å². The van der Waals surface area contributed by atoms with E-state index in [-0.39, 0.29) is 0 Å². The average molecular weight is 336 g/mol. The molecule has 0 amide bonds. The molecule has 122 valence electrons. The molecule has 0 bridgehead atoms. The van der Waals surface area contributed by atoms with Crippen LogP contribution in [-0.4, -0.2) is 14.2 Å². The lowest BCUT2D eigenvalue weighted by Gasteiger charge is -2.32. The number of thiol groups is 1. The molecule has 3 rings (SSSR count). The molecule has 0 spiro atoms. The predicted octanol–water partition coefficient (Wildman–Crippen LogP) is 4.93. The van der Waals surface area contributed by atoms with Gasteiger partial charge in [-0.3, -0.25) is 0 Å². The lowest BCUT2D eigenvalue weighted by molar-refractivity contribution is 0.390. The fraction of sp³-hybridized carbons (Fsp3) is 0.143. The molecule has 2 nitrogen and oxygen atoms in total. The van der Waals surface area contributed by atoms with Crippen molar-refractivity contribution in [2.75, 3.05) is 14.2 Å². The zero-order valence-electron chi connectivity index (χ0n) is 13.8. The molecule has 0 saturated heterocycles. The third kappa shape index (κ3) is 2.87. The lowest BCUT2D eigenvalue weighted by atomic mass is 9.83. The van der Waals surface area contributed by atoms with Crippen LogP contribution in [0.5, 0.6) is 11.5 Å². The molecule has 0 aromatic heterocycles. The van der Waals surface area contributed by atoms with Crippen molar-refractivity contribution in [2.24, 2.45) is 0 Å². The third-order valence-electron chi connectivity index (χ3n) is 4.18. The molecule has 0 aliphatic carbocycles. The Hall–Kier alpha value is -2.39. The van der Waals surface area contributed by atoms with E-state index >= 15 is 0 Å². The van der Waals surface area contributed by atoms with Crippen LogP contribution in [0.2, 0.25) is 0 Å². The first kappa shape index (κ1) is 16.5. The fourth-order valence-corrected chi connectivity index (χ4v) is 3.42. The van der Waals surface area contributed by atoms with E-state index in [2.05, 4.69) is 24.3 Å². The molecule has 0 saturated carbocycles. The molecule has 3 aromatic carbocycles. The van der Waals surface area contributed by atoms with Crippen molar-refractivity contribution in [2.45, 2.75) is 4.75 Å². The van der Waals surface area contributed by atoms with E-state index in [1.54, 1.807) is 14.2 Å². The van der Waals surface area contributed by atoms with Gasteiger partial charge in [0.05, 0.1) is 19.0 Å². The number of ether oxygens (including phenoxy) is 2. The Bertz CT molecular complexity index is 761. The predicted molar refractivity (Wildman–Crippen MR) is 101 cm³/mol. The third-order valence-corrected chi connectivity index (χ3v) is 4.94. The Morgan fingerprint density at radius 3 is 1.71 bits per heavy atom. The lowest BCUT2D eigenvalue weighted by Crippen LogP contribution is -2.23. The van der Waals surface area contributed by atoms with Crippen LogP contribution >= 0.6 is 12.6 Å². The van der Waals surface area contributed by atoms with E-state index in [0.717, 1.165) is 28.2 Å². The minimum atomic E-state index is -0.625. The van der Waals surface area contributed by atoms with Crippen molar-refractivity contribution in [1.29, 1.82) is 0 Å². The first-order valence-electron chi connectivity index (χ1n) is 7.76. The largest absolute Gasteiger partial charge is 0.497 e. The Labute approximate surface area is 148 Å². The summed E-state index contributed by atoms with van der Waals surface area (Å²) in [7, 11) is 3.32. The first-order chi connectivity index (χ1) is 11.7. The van der Waals surface area contributed by atoms with Gasteiger partial charge in [0.15, 0.2) is 0 Å². The number of benzene rings is 3. The quantitative estimate of drug-likeness (QED) is 0.526. The van der Waals surface area contributed by atoms with Gasteiger partial charge >= 0.3 is 0 Å². The second-order valence-corrected chi connectivity index (χ2v) is 6.18. The van der Waals surface area contributed by atoms with Gasteiger partial charge in [0.25, 0.3) is 0 Å². The van der Waals surface area contributed by atoms with E-state index in [1.807, 2.05) is 54.6 Å². The Morgan fingerprint density at radius 2 is 1.25 bits per heavy atom. The highest BCUT2D eigenvalue weighted by Gasteiger charge is 2.35. The van der Waals surface area contributed by atoms with Crippen molar-refractivity contribution < 1.29 is 9.47 Å². The summed E-state index contributed by atoms with van der Waals surface area (Å²) in [4.78, 5) is 0. The molecule has 0 unspecified atom stereocenters. The molecule has 3 heteroatoms. The highest BCUT2D eigenvalue weighted by Crippen LogP contribution is 2.46. The van der Waals surface area contributed by atoms with E-state index in [9.17, 15) is 0 Å². The maximum absolute atomic E-state index is 5.65. The highest BCUT2D eigenvalue weighted by molar-refractivity contribution is 7.81.